The first-order valence-electron chi connectivity index (χ1n) is 12.5. The van der Waals surface area contributed by atoms with E-state index >= 15 is 0 Å². The lowest BCUT2D eigenvalue weighted by atomic mass is 9.44. The highest BCUT2D eigenvalue weighted by atomic mass is 16.5. The minimum Gasteiger partial charge on any atom is -0.458 e. The largest absolute Gasteiger partial charge is 0.458 e. The molecule has 1 N–H and O–H groups in total. The van der Waals surface area contributed by atoms with Crippen molar-refractivity contribution in [3.63, 3.8) is 0 Å². The second kappa shape index (κ2) is 8.96. The van der Waals surface area contributed by atoms with Gasteiger partial charge in [-0.1, -0.05) is 33.8 Å². The molecule has 0 saturated heterocycles. The maximum absolute atomic E-state index is 13.5. The smallest absolute Gasteiger partial charge is 0.345 e. The molecule has 4 rings (SSSR count). The van der Waals surface area contributed by atoms with Gasteiger partial charge < -0.3 is 14.6 Å². The quantitative estimate of drug-likeness (QED) is 0.502. The third-order valence-electron chi connectivity index (χ3n) is 9.94. The van der Waals surface area contributed by atoms with Crippen LogP contribution in [0.2, 0.25) is 0 Å². The van der Waals surface area contributed by atoms with E-state index in [9.17, 15) is 19.5 Å². The fraction of sp³-hybridized carbons (Fsp3) is 0.704. The first-order chi connectivity index (χ1) is 16.5. The highest BCUT2D eigenvalue weighted by molar-refractivity contribution is 5.89. The molecule has 2 bridgehead atoms. The Morgan fingerprint density at radius 3 is 2.69 bits per heavy atom. The van der Waals surface area contributed by atoms with Crippen LogP contribution in [0.4, 0.5) is 0 Å². The zero-order valence-electron chi connectivity index (χ0n) is 21.5. The molecule has 3 aliphatic rings. The van der Waals surface area contributed by atoms with Crippen LogP contribution in [0.25, 0.3) is 0 Å². The van der Waals surface area contributed by atoms with E-state index in [1.165, 1.54) is 24.2 Å². The molecular weight excluding hydrogens is 448 g/mol. The van der Waals surface area contributed by atoms with Crippen molar-refractivity contribution >= 4 is 11.8 Å². The number of ketones is 1. The molecule has 0 aromatic carbocycles. The van der Waals surface area contributed by atoms with Gasteiger partial charge in [0.25, 0.3) is 5.56 Å². The van der Waals surface area contributed by atoms with E-state index in [-0.39, 0.29) is 41.2 Å². The van der Waals surface area contributed by atoms with Crippen LogP contribution < -0.4 is 5.56 Å². The summed E-state index contributed by atoms with van der Waals surface area (Å²) in [6.45, 7) is 12.2. The van der Waals surface area contributed by atoms with Gasteiger partial charge in [0.15, 0.2) is 0 Å². The molecule has 3 saturated carbocycles. The molecule has 3 fully saturated rings. The molecule has 1 aromatic rings. The molecular formula is C27H38N2O6. The number of Topliss-reactive ketones (excluding diaryl/α,β-unsaturated/α-hetero) is 1. The Kier molecular flexibility index (Phi) is 6.60. The highest BCUT2D eigenvalue weighted by Crippen LogP contribution is 2.68. The van der Waals surface area contributed by atoms with Crippen molar-refractivity contribution in [2.24, 2.45) is 34.0 Å². The average molecular weight is 487 g/mol. The zero-order valence-corrected chi connectivity index (χ0v) is 21.5. The molecule has 0 radical (unpaired) electrons. The Morgan fingerprint density at radius 2 is 2.03 bits per heavy atom. The van der Waals surface area contributed by atoms with Crippen LogP contribution >= 0.6 is 0 Å². The maximum atomic E-state index is 13.5. The second-order valence-corrected chi connectivity index (χ2v) is 11.5. The third kappa shape index (κ3) is 3.71. The number of rotatable bonds is 5. The number of aliphatic hydroxyl groups excluding tert-OH is 1. The zero-order chi connectivity index (χ0) is 25.8. The van der Waals surface area contributed by atoms with Crippen molar-refractivity contribution in [3.8, 4) is 0 Å². The van der Waals surface area contributed by atoms with Gasteiger partial charge in [0, 0.05) is 36.5 Å². The molecule has 192 valence electrons. The van der Waals surface area contributed by atoms with Gasteiger partial charge in [0.1, 0.15) is 24.2 Å². The van der Waals surface area contributed by atoms with Gasteiger partial charge in [-0.05, 0) is 42.9 Å². The number of ether oxygens (including phenoxy) is 2. The Morgan fingerprint density at radius 1 is 1.31 bits per heavy atom. The van der Waals surface area contributed by atoms with E-state index < -0.39 is 34.6 Å². The number of hydrogen-bond acceptors (Lipinski definition) is 7. The van der Waals surface area contributed by atoms with Crippen molar-refractivity contribution < 1.29 is 24.2 Å². The van der Waals surface area contributed by atoms with Crippen molar-refractivity contribution in [1.82, 2.24) is 9.55 Å². The van der Waals surface area contributed by atoms with E-state index in [1.807, 2.05) is 6.92 Å². The van der Waals surface area contributed by atoms with E-state index in [0.717, 1.165) is 19.3 Å². The van der Waals surface area contributed by atoms with Crippen molar-refractivity contribution in [3.05, 3.63) is 41.1 Å². The van der Waals surface area contributed by atoms with Crippen LogP contribution in [0.3, 0.4) is 0 Å². The summed E-state index contributed by atoms with van der Waals surface area (Å²) in [5.41, 5.74) is -2.47. The van der Waals surface area contributed by atoms with Gasteiger partial charge in [0.05, 0.1) is 12.4 Å². The maximum Gasteiger partial charge on any atom is 0.345 e. The molecule has 8 heteroatoms. The number of nitrogens with zero attached hydrogens (tertiary/aromatic N) is 2. The van der Waals surface area contributed by atoms with E-state index in [2.05, 4.69) is 32.3 Å². The van der Waals surface area contributed by atoms with Gasteiger partial charge in [-0.3, -0.25) is 14.2 Å². The summed E-state index contributed by atoms with van der Waals surface area (Å²) in [5, 5.41) is 11.6. The summed E-state index contributed by atoms with van der Waals surface area (Å²) in [5.74, 6) is -0.914. The lowest BCUT2D eigenvalue weighted by Gasteiger charge is -2.61. The standard InChI is InChI=1S/C27H38N2O6/c1-7-25(4)12-20(35-24(33)18-13-28-14-29(15-34-6)23(18)32)26(5)16(2)8-10-27(17(3)22(25)31)11-9-19(30)21(26)27/h7,13-14,16-17,20-22,31H,1,8-12,15H2,2-6H3/t16-,17+,20-,21+,22+,25-,26+,27+/m1/s1. The van der Waals surface area contributed by atoms with E-state index in [1.54, 1.807) is 6.08 Å². The van der Waals surface area contributed by atoms with Gasteiger partial charge in [-0.25, -0.2) is 9.78 Å². The Hall–Kier alpha value is -2.32. The Balaban J connectivity index is 1.83. The Bertz CT molecular complexity index is 1080. The fourth-order valence-electron chi connectivity index (χ4n) is 7.52. The molecule has 0 amide bonds. The summed E-state index contributed by atoms with van der Waals surface area (Å²) in [6.07, 6.45) is 6.07. The average Bonchev–Trinajstić information content (AvgIpc) is 3.19. The number of carbonyl (C=O) groups is 2. The van der Waals surface area contributed by atoms with Crippen molar-refractivity contribution in [1.29, 1.82) is 0 Å². The molecule has 35 heavy (non-hydrogen) atoms. The summed E-state index contributed by atoms with van der Waals surface area (Å²) in [7, 11) is 1.45. The molecule has 8 atom stereocenters. The lowest BCUT2D eigenvalue weighted by molar-refractivity contribution is -0.192. The monoisotopic (exact) mass is 486 g/mol. The number of aromatic nitrogens is 2. The van der Waals surface area contributed by atoms with Crippen LogP contribution in [0, 0.1) is 34.0 Å². The molecule has 0 spiro atoms. The number of esters is 1. The number of carbonyl (C=O) groups excluding carboxylic acids is 2. The molecule has 1 heterocycles. The SMILES string of the molecule is C=C[C@]1(C)C[C@@H](OC(=O)c2cncn(COC)c2=O)[C@]2(C)[C@H](C)CC[C@]3(CCC(=O)[C@H]32)[C@@H](C)[C@@H]1O. The molecule has 1 aromatic heterocycles. The summed E-state index contributed by atoms with van der Waals surface area (Å²) in [6, 6.07) is 0. The van der Waals surface area contributed by atoms with Crippen LogP contribution in [0.1, 0.15) is 70.2 Å². The van der Waals surface area contributed by atoms with Crippen molar-refractivity contribution in [2.75, 3.05) is 7.11 Å². The van der Waals surface area contributed by atoms with E-state index in [4.69, 9.17) is 9.47 Å². The Labute approximate surface area is 206 Å². The molecule has 8 nitrogen and oxygen atoms in total. The van der Waals surface area contributed by atoms with Crippen LogP contribution in [-0.4, -0.2) is 45.7 Å². The van der Waals surface area contributed by atoms with Gasteiger partial charge in [-0.15, -0.1) is 6.58 Å². The molecule has 3 aliphatic carbocycles. The van der Waals surface area contributed by atoms with Crippen LogP contribution in [0.15, 0.2) is 30.0 Å². The minimum atomic E-state index is -0.775. The summed E-state index contributed by atoms with van der Waals surface area (Å²) >= 11 is 0. The topological polar surface area (TPSA) is 108 Å². The second-order valence-electron chi connectivity index (χ2n) is 11.5. The van der Waals surface area contributed by atoms with Crippen LogP contribution in [0.5, 0.6) is 0 Å². The van der Waals surface area contributed by atoms with Crippen molar-refractivity contribution in [2.45, 2.75) is 78.7 Å². The molecule has 0 unspecified atom stereocenters. The summed E-state index contributed by atoms with van der Waals surface area (Å²) in [4.78, 5) is 43.8. The summed E-state index contributed by atoms with van der Waals surface area (Å²) < 4.78 is 12.4. The van der Waals surface area contributed by atoms with Gasteiger partial charge in [0.2, 0.25) is 0 Å². The molecule has 0 aliphatic heterocycles. The van der Waals surface area contributed by atoms with Crippen LogP contribution in [-0.2, 0) is 21.0 Å². The number of aliphatic hydroxyl groups is 1. The predicted molar refractivity (Wildman–Crippen MR) is 129 cm³/mol. The number of methoxy groups -OCH3 is 1. The van der Waals surface area contributed by atoms with Gasteiger partial charge >= 0.3 is 5.97 Å². The number of hydrogen-bond donors (Lipinski definition) is 1. The predicted octanol–water partition coefficient (Wildman–Crippen LogP) is 3.37. The van der Waals surface area contributed by atoms with Gasteiger partial charge in [-0.2, -0.15) is 0 Å². The normalized spacial score (nSPS) is 41.0. The lowest BCUT2D eigenvalue weighted by Crippen LogP contribution is -2.63. The first kappa shape index (κ1) is 25.8. The third-order valence-corrected chi connectivity index (χ3v) is 9.94. The highest BCUT2D eigenvalue weighted by Gasteiger charge is 2.68. The minimum absolute atomic E-state index is 0.0388. The van der Waals surface area contributed by atoms with E-state index in [0.29, 0.717) is 12.8 Å². The fourth-order valence-corrected chi connectivity index (χ4v) is 7.52. The first-order valence-corrected chi connectivity index (χ1v) is 12.5.